The third-order valence-corrected chi connectivity index (χ3v) is 2.29. The maximum absolute atomic E-state index is 12.5. The molecule has 0 radical (unpaired) electrons. The molecular weight excluding hydrogens is 179 g/mol. The van der Waals surface area contributed by atoms with Crippen molar-refractivity contribution in [1.29, 1.82) is 0 Å². The van der Waals surface area contributed by atoms with Crippen molar-refractivity contribution < 1.29 is 9.13 Å². The summed E-state index contributed by atoms with van der Waals surface area (Å²) in [6.45, 7) is 5.20. The molecule has 1 nitrogen and oxygen atoms in total. The first kappa shape index (κ1) is 10.8. The van der Waals surface area contributed by atoms with Crippen LogP contribution in [0.2, 0.25) is 0 Å². The van der Waals surface area contributed by atoms with Crippen LogP contribution in [0.15, 0.2) is 24.8 Å². The second kappa shape index (κ2) is 4.80. The van der Waals surface area contributed by atoms with Crippen LogP contribution < -0.4 is 4.74 Å². The average molecular weight is 194 g/mol. The SMILES string of the molecule is C=Cc1c(OC)cccc1C(C)CF. The largest absolute Gasteiger partial charge is 0.496 e. The molecule has 0 saturated heterocycles. The number of benzene rings is 1. The van der Waals surface area contributed by atoms with Gasteiger partial charge >= 0.3 is 0 Å². The summed E-state index contributed by atoms with van der Waals surface area (Å²) in [6.07, 6.45) is 1.71. The predicted molar refractivity (Wildman–Crippen MR) is 57.5 cm³/mol. The van der Waals surface area contributed by atoms with E-state index >= 15 is 0 Å². The highest BCUT2D eigenvalue weighted by atomic mass is 19.1. The standard InChI is InChI=1S/C12H15FO/c1-4-10-11(9(2)8-13)6-5-7-12(10)14-3/h4-7,9H,1,8H2,2-3H3. The van der Waals surface area contributed by atoms with Gasteiger partial charge in [0.15, 0.2) is 0 Å². The maximum atomic E-state index is 12.5. The molecule has 0 amide bonds. The lowest BCUT2D eigenvalue weighted by Gasteiger charge is -2.14. The minimum atomic E-state index is -0.367. The van der Waals surface area contributed by atoms with Crippen molar-refractivity contribution in [3.63, 3.8) is 0 Å². The molecule has 1 aromatic rings. The Balaban J connectivity index is 3.21. The van der Waals surface area contributed by atoms with Gasteiger partial charge in [-0.1, -0.05) is 31.7 Å². The Morgan fingerprint density at radius 2 is 2.29 bits per heavy atom. The van der Waals surface area contributed by atoms with Gasteiger partial charge in [-0.15, -0.1) is 0 Å². The number of alkyl halides is 1. The Morgan fingerprint density at radius 3 is 2.79 bits per heavy atom. The molecule has 76 valence electrons. The molecule has 1 atom stereocenters. The van der Waals surface area contributed by atoms with Gasteiger partial charge in [-0.05, 0) is 11.6 Å². The lowest BCUT2D eigenvalue weighted by atomic mass is 9.96. The minimum Gasteiger partial charge on any atom is -0.496 e. The van der Waals surface area contributed by atoms with E-state index in [0.717, 1.165) is 16.9 Å². The molecule has 1 unspecified atom stereocenters. The van der Waals surface area contributed by atoms with Crippen molar-refractivity contribution >= 4 is 6.08 Å². The topological polar surface area (TPSA) is 9.23 Å². The van der Waals surface area contributed by atoms with Gasteiger partial charge in [-0.3, -0.25) is 4.39 Å². The number of hydrogen-bond donors (Lipinski definition) is 0. The van der Waals surface area contributed by atoms with E-state index in [1.807, 2.05) is 25.1 Å². The fourth-order valence-corrected chi connectivity index (χ4v) is 1.47. The van der Waals surface area contributed by atoms with E-state index in [4.69, 9.17) is 4.74 Å². The monoisotopic (exact) mass is 194 g/mol. The third-order valence-electron chi connectivity index (χ3n) is 2.29. The van der Waals surface area contributed by atoms with E-state index < -0.39 is 0 Å². The molecule has 2 heteroatoms. The zero-order valence-electron chi connectivity index (χ0n) is 8.59. The third kappa shape index (κ3) is 1.95. The van der Waals surface area contributed by atoms with Gasteiger partial charge in [0, 0.05) is 11.5 Å². The Morgan fingerprint density at radius 1 is 1.57 bits per heavy atom. The van der Waals surface area contributed by atoms with E-state index in [2.05, 4.69) is 6.58 Å². The molecule has 1 rings (SSSR count). The molecule has 0 saturated carbocycles. The van der Waals surface area contributed by atoms with Gasteiger partial charge in [-0.2, -0.15) is 0 Å². The zero-order chi connectivity index (χ0) is 10.6. The van der Waals surface area contributed by atoms with Crippen molar-refractivity contribution in [2.24, 2.45) is 0 Å². The van der Waals surface area contributed by atoms with Crippen LogP contribution in [-0.4, -0.2) is 13.8 Å². The van der Waals surface area contributed by atoms with E-state index in [1.54, 1.807) is 13.2 Å². The lowest BCUT2D eigenvalue weighted by molar-refractivity contribution is 0.410. The summed E-state index contributed by atoms with van der Waals surface area (Å²) in [5.41, 5.74) is 1.84. The molecule has 0 aromatic heterocycles. The Bertz CT molecular complexity index is 320. The van der Waals surface area contributed by atoms with Crippen LogP contribution in [0.5, 0.6) is 5.75 Å². The smallest absolute Gasteiger partial charge is 0.126 e. The molecule has 0 aliphatic carbocycles. The Hall–Kier alpha value is -1.31. The molecule has 0 fully saturated rings. The lowest BCUT2D eigenvalue weighted by Crippen LogP contribution is -2.00. The molecule has 0 heterocycles. The second-order valence-corrected chi connectivity index (χ2v) is 3.22. The highest BCUT2D eigenvalue weighted by molar-refractivity contribution is 5.60. The number of methoxy groups -OCH3 is 1. The summed E-state index contributed by atoms with van der Waals surface area (Å²) in [5, 5.41) is 0. The van der Waals surface area contributed by atoms with Crippen molar-refractivity contribution in [2.75, 3.05) is 13.8 Å². The molecule has 0 aliphatic heterocycles. The number of hydrogen-bond acceptors (Lipinski definition) is 1. The van der Waals surface area contributed by atoms with Crippen LogP contribution >= 0.6 is 0 Å². The summed E-state index contributed by atoms with van der Waals surface area (Å²) in [6, 6.07) is 5.63. The van der Waals surface area contributed by atoms with Gasteiger partial charge < -0.3 is 4.74 Å². The average Bonchev–Trinajstić information content (AvgIpc) is 2.26. The zero-order valence-corrected chi connectivity index (χ0v) is 8.59. The molecule has 0 aliphatic rings. The molecule has 0 N–H and O–H groups in total. The van der Waals surface area contributed by atoms with Gasteiger partial charge in [0.05, 0.1) is 13.8 Å². The van der Waals surface area contributed by atoms with Crippen molar-refractivity contribution in [2.45, 2.75) is 12.8 Å². The molecule has 1 aromatic carbocycles. The predicted octanol–water partition coefficient (Wildman–Crippen LogP) is 3.41. The maximum Gasteiger partial charge on any atom is 0.126 e. The van der Waals surface area contributed by atoms with Crippen LogP contribution in [0.25, 0.3) is 6.08 Å². The van der Waals surface area contributed by atoms with Crippen molar-refractivity contribution in [3.8, 4) is 5.75 Å². The summed E-state index contributed by atoms with van der Waals surface area (Å²) < 4.78 is 17.7. The van der Waals surface area contributed by atoms with Crippen LogP contribution in [0.1, 0.15) is 24.0 Å². The molecule has 0 bridgehead atoms. The first-order valence-electron chi connectivity index (χ1n) is 4.59. The molecular formula is C12H15FO. The van der Waals surface area contributed by atoms with Crippen LogP contribution in [-0.2, 0) is 0 Å². The highest BCUT2D eigenvalue weighted by Crippen LogP contribution is 2.28. The fourth-order valence-electron chi connectivity index (χ4n) is 1.47. The highest BCUT2D eigenvalue weighted by Gasteiger charge is 2.11. The van der Waals surface area contributed by atoms with E-state index in [-0.39, 0.29) is 12.6 Å². The van der Waals surface area contributed by atoms with Crippen LogP contribution in [0.4, 0.5) is 4.39 Å². The van der Waals surface area contributed by atoms with Gasteiger partial charge in [0.1, 0.15) is 5.75 Å². The van der Waals surface area contributed by atoms with Gasteiger partial charge in [-0.25, -0.2) is 0 Å². The van der Waals surface area contributed by atoms with Crippen molar-refractivity contribution in [3.05, 3.63) is 35.9 Å². The Labute approximate surface area is 84.2 Å². The summed E-state index contributed by atoms with van der Waals surface area (Å²) >= 11 is 0. The van der Waals surface area contributed by atoms with E-state index in [0.29, 0.717) is 0 Å². The number of halogens is 1. The molecule has 0 spiro atoms. The summed E-state index contributed by atoms with van der Waals surface area (Å²) in [7, 11) is 1.60. The first-order valence-corrected chi connectivity index (χ1v) is 4.59. The quantitative estimate of drug-likeness (QED) is 0.713. The van der Waals surface area contributed by atoms with Gasteiger partial charge in [0.25, 0.3) is 0 Å². The number of ether oxygens (including phenoxy) is 1. The molecule has 14 heavy (non-hydrogen) atoms. The van der Waals surface area contributed by atoms with Crippen molar-refractivity contribution in [1.82, 2.24) is 0 Å². The first-order chi connectivity index (χ1) is 6.74. The fraction of sp³-hybridized carbons (Fsp3) is 0.333. The second-order valence-electron chi connectivity index (χ2n) is 3.22. The summed E-state index contributed by atoms with van der Waals surface area (Å²) in [5.74, 6) is 0.635. The Kier molecular flexibility index (Phi) is 3.69. The minimum absolute atomic E-state index is 0.113. The number of rotatable bonds is 4. The summed E-state index contributed by atoms with van der Waals surface area (Å²) in [4.78, 5) is 0. The normalized spacial score (nSPS) is 12.2. The van der Waals surface area contributed by atoms with E-state index in [9.17, 15) is 4.39 Å². The van der Waals surface area contributed by atoms with Crippen LogP contribution in [0, 0.1) is 0 Å². The van der Waals surface area contributed by atoms with Crippen LogP contribution in [0.3, 0.4) is 0 Å². The van der Waals surface area contributed by atoms with Gasteiger partial charge in [0.2, 0.25) is 0 Å². The van der Waals surface area contributed by atoms with E-state index in [1.165, 1.54) is 0 Å².